The first-order valence-corrected chi connectivity index (χ1v) is 2.38. The zero-order valence-corrected chi connectivity index (χ0v) is 4.70. The lowest BCUT2D eigenvalue weighted by Gasteiger charge is -1.83. The summed E-state index contributed by atoms with van der Waals surface area (Å²) >= 11 is 0. The van der Waals surface area contributed by atoms with Crippen LogP contribution < -0.4 is 0 Å². The molecule has 0 bridgehead atoms. The first kappa shape index (κ1) is 6.56. The van der Waals surface area contributed by atoms with Gasteiger partial charge in [0.2, 0.25) is 0 Å². The minimum atomic E-state index is 0.252. The third-order valence-electron chi connectivity index (χ3n) is 0.473. The van der Waals surface area contributed by atoms with E-state index in [-0.39, 0.29) is 5.92 Å². The second-order valence-corrected chi connectivity index (χ2v) is 1.47. The van der Waals surface area contributed by atoms with Crippen molar-refractivity contribution in [2.45, 2.75) is 13.3 Å². The fourth-order valence-electron chi connectivity index (χ4n) is 0.246. The monoisotopic (exact) mass is 94.1 g/mol. The van der Waals surface area contributed by atoms with E-state index in [4.69, 9.17) is 0 Å². The summed E-state index contributed by atoms with van der Waals surface area (Å²) in [5.74, 6) is 5.95. The van der Waals surface area contributed by atoms with Crippen molar-refractivity contribution < 1.29 is 0 Å². The highest BCUT2D eigenvalue weighted by Crippen LogP contribution is 1.84. The Morgan fingerprint density at radius 3 is 2.43 bits per heavy atom. The van der Waals surface area contributed by atoms with Crippen LogP contribution in [0.4, 0.5) is 0 Å². The zero-order chi connectivity index (χ0) is 5.70. The normalized spacial score (nSPS) is 8.00. The second-order valence-electron chi connectivity index (χ2n) is 1.47. The van der Waals surface area contributed by atoms with Crippen LogP contribution in [0.5, 0.6) is 0 Å². The van der Waals surface area contributed by atoms with Gasteiger partial charge >= 0.3 is 0 Å². The van der Waals surface area contributed by atoms with Crippen LogP contribution in [0, 0.1) is 31.6 Å². The molecule has 38 valence electrons. The van der Waals surface area contributed by atoms with Crippen molar-refractivity contribution in [3.63, 3.8) is 0 Å². The van der Waals surface area contributed by atoms with E-state index in [1.54, 1.807) is 0 Å². The van der Waals surface area contributed by atoms with Crippen molar-refractivity contribution in [2.24, 2.45) is 5.92 Å². The number of rotatable bonds is 0. The average molecular weight is 94.2 g/mol. The summed E-state index contributed by atoms with van der Waals surface area (Å²) in [4.78, 5) is 0. The van der Waals surface area contributed by atoms with E-state index < -0.39 is 0 Å². The molecule has 1 unspecified atom stereocenters. The van der Waals surface area contributed by atoms with Crippen LogP contribution in [0.25, 0.3) is 0 Å². The van der Waals surface area contributed by atoms with Gasteiger partial charge in [-0.1, -0.05) is 6.92 Å². The number of hydrogen-bond acceptors (Lipinski definition) is 0. The molecule has 0 rings (SSSR count). The number of hydrogen-bond donors (Lipinski definition) is 0. The third-order valence-corrected chi connectivity index (χ3v) is 0.473. The van der Waals surface area contributed by atoms with Crippen molar-refractivity contribution in [2.75, 3.05) is 0 Å². The first-order chi connectivity index (χ1) is 3.27. The summed E-state index contributed by atoms with van der Waals surface area (Å²) in [7, 11) is 0. The minimum absolute atomic E-state index is 0.252. The molecule has 0 nitrogen and oxygen atoms in total. The fraction of sp³-hybridized carbons (Fsp3) is 0.429. The second kappa shape index (κ2) is 3.74. The van der Waals surface area contributed by atoms with Gasteiger partial charge in [-0.2, -0.15) is 0 Å². The Kier molecular flexibility index (Phi) is 3.50. The molecule has 7 heavy (non-hydrogen) atoms. The topological polar surface area (TPSA) is 0 Å². The van der Waals surface area contributed by atoms with Crippen LogP contribution in [0.1, 0.15) is 13.3 Å². The largest absolute Gasteiger partial charge is 0.103 e. The highest BCUT2D eigenvalue weighted by molar-refractivity contribution is 5.03. The molecule has 0 aliphatic rings. The van der Waals surface area contributed by atoms with Crippen LogP contribution in [-0.4, -0.2) is 0 Å². The maximum Gasteiger partial charge on any atom is 0.0175 e. The molecule has 0 aliphatic heterocycles. The summed E-state index contributed by atoms with van der Waals surface area (Å²) < 4.78 is 0. The van der Waals surface area contributed by atoms with Gasteiger partial charge in [0.1, 0.15) is 0 Å². The average Bonchev–Trinajstić information content (AvgIpc) is 1.61. The van der Waals surface area contributed by atoms with Gasteiger partial charge in [-0.3, -0.25) is 0 Å². The standard InChI is InChI=1S/C7H10/c1-4-5-6-7(2)3/h7H,1-2,4H2,3H3. The Labute approximate surface area is 45.9 Å². The summed E-state index contributed by atoms with van der Waals surface area (Å²) in [6.07, 6.45) is 0.694. The van der Waals surface area contributed by atoms with E-state index in [9.17, 15) is 0 Å². The highest BCUT2D eigenvalue weighted by atomic mass is 13.8. The molecule has 0 heterocycles. The summed E-state index contributed by atoms with van der Waals surface area (Å²) in [5, 5.41) is 0. The van der Waals surface area contributed by atoms with Gasteiger partial charge in [0, 0.05) is 12.3 Å². The molecule has 0 heteroatoms. The maximum absolute atomic E-state index is 3.67. The van der Waals surface area contributed by atoms with Crippen LogP contribution in [0.15, 0.2) is 0 Å². The molecule has 0 amide bonds. The van der Waals surface area contributed by atoms with Crippen LogP contribution in [-0.2, 0) is 0 Å². The Balaban J connectivity index is 3.24. The molecule has 0 saturated heterocycles. The Morgan fingerprint density at radius 2 is 2.29 bits per heavy atom. The van der Waals surface area contributed by atoms with E-state index in [1.807, 2.05) is 6.92 Å². The van der Waals surface area contributed by atoms with Gasteiger partial charge in [0.25, 0.3) is 0 Å². The highest BCUT2D eigenvalue weighted by Gasteiger charge is 1.77. The van der Waals surface area contributed by atoms with E-state index in [0.29, 0.717) is 6.42 Å². The Morgan fingerprint density at radius 1 is 1.71 bits per heavy atom. The lowest BCUT2D eigenvalue weighted by Crippen LogP contribution is -1.76. The smallest absolute Gasteiger partial charge is 0.0175 e. The lowest BCUT2D eigenvalue weighted by atomic mass is 10.2. The first-order valence-electron chi connectivity index (χ1n) is 2.38. The summed E-state index contributed by atoms with van der Waals surface area (Å²) in [6.45, 7) is 9.19. The van der Waals surface area contributed by atoms with Crippen molar-refractivity contribution in [3.8, 4) is 11.8 Å². The lowest BCUT2D eigenvalue weighted by molar-refractivity contribution is 0.975. The van der Waals surface area contributed by atoms with Crippen molar-refractivity contribution >= 4 is 0 Å². The minimum Gasteiger partial charge on any atom is -0.103 e. The third kappa shape index (κ3) is 5.56. The van der Waals surface area contributed by atoms with Crippen molar-refractivity contribution in [1.82, 2.24) is 0 Å². The van der Waals surface area contributed by atoms with E-state index in [2.05, 4.69) is 25.7 Å². The molecule has 0 aromatic carbocycles. The van der Waals surface area contributed by atoms with Crippen LogP contribution >= 0.6 is 0 Å². The van der Waals surface area contributed by atoms with E-state index >= 15 is 0 Å². The molecular weight excluding hydrogens is 84.1 g/mol. The molecule has 0 spiro atoms. The summed E-state index contributed by atoms with van der Waals surface area (Å²) in [5.41, 5.74) is 0. The van der Waals surface area contributed by atoms with Gasteiger partial charge in [0.05, 0.1) is 0 Å². The Hall–Kier alpha value is -0.440. The van der Waals surface area contributed by atoms with Crippen LogP contribution in [0.2, 0.25) is 0 Å². The van der Waals surface area contributed by atoms with Gasteiger partial charge in [-0.05, 0) is 13.8 Å². The quantitative estimate of drug-likeness (QED) is 0.401. The Bertz CT molecular complexity index is 79.9. The molecule has 0 fully saturated rings. The fourth-order valence-corrected chi connectivity index (χ4v) is 0.246. The predicted molar refractivity (Wildman–Crippen MR) is 32.3 cm³/mol. The molecule has 0 saturated carbocycles. The molecule has 1 atom stereocenters. The maximum atomic E-state index is 3.67. The van der Waals surface area contributed by atoms with Gasteiger partial charge in [-0.15, -0.1) is 11.8 Å². The van der Waals surface area contributed by atoms with Crippen LogP contribution in [0.3, 0.4) is 0 Å². The SMILES string of the molecule is [CH2]CC#CC([CH2])C. The van der Waals surface area contributed by atoms with E-state index in [1.165, 1.54) is 0 Å². The molecule has 0 aliphatic carbocycles. The van der Waals surface area contributed by atoms with E-state index in [0.717, 1.165) is 0 Å². The zero-order valence-electron chi connectivity index (χ0n) is 4.70. The van der Waals surface area contributed by atoms with Gasteiger partial charge in [0.15, 0.2) is 0 Å². The molecular formula is C7H10. The molecule has 2 radical (unpaired) electrons. The molecule has 0 N–H and O–H groups in total. The van der Waals surface area contributed by atoms with Gasteiger partial charge < -0.3 is 0 Å². The molecule has 0 aromatic heterocycles. The summed E-state index contributed by atoms with van der Waals surface area (Å²) in [6, 6.07) is 0. The van der Waals surface area contributed by atoms with Gasteiger partial charge in [-0.25, -0.2) is 0 Å². The predicted octanol–water partition coefficient (Wildman–Crippen LogP) is 1.68. The van der Waals surface area contributed by atoms with Crippen molar-refractivity contribution in [3.05, 3.63) is 13.8 Å². The molecule has 0 aromatic rings. The van der Waals surface area contributed by atoms with Crippen molar-refractivity contribution in [1.29, 1.82) is 0 Å².